The third-order valence-corrected chi connectivity index (χ3v) is 6.15. The number of piperidine rings is 1. The van der Waals surface area contributed by atoms with Crippen LogP contribution in [0.1, 0.15) is 35.8 Å². The Kier molecular flexibility index (Phi) is 3.43. The molecule has 0 aliphatic carbocycles. The van der Waals surface area contributed by atoms with Crippen molar-refractivity contribution in [2.75, 3.05) is 13.1 Å². The van der Waals surface area contributed by atoms with E-state index in [1.54, 1.807) is 11.3 Å². The third-order valence-electron chi connectivity index (χ3n) is 5.11. The van der Waals surface area contributed by atoms with E-state index in [0.29, 0.717) is 5.92 Å². The second-order valence-electron chi connectivity index (χ2n) is 6.96. The molecule has 1 fully saturated rings. The monoisotopic (exact) mass is 351 g/mol. The molecule has 0 aromatic carbocycles. The summed E-state index contributed by atoms with van der Waals surface area (Å²) in [6.45, 7) is 6.31. The first kappa shape index (κ1) is 15.1. The molecule has 0 atom stereocenters. The predicted octanol–water partition coefficient (Wildman–Crippen LogP) is 3.79. The van der Waals surface area contributed by atoms with Crippen molar-refractivity contribution in [2.24, 2.45) is 0 Å². The lowest BCUT2D eigenvalue weighted by atomic mass is 9.95. The highest BCUT2D eigenvalue weighted by molar-refractivity contribution is 7.20. The van der Waals surface area contributed by atoms with Crippen molar-refractivity contribution in [2.45, 2.75) is 32.6 Å². The van der Waals surface area contributed by atoms with E-state index in [1.165, 1.54) is 34.5 Å². The minimum Gasteiger partial charge on any atom is -0.320 e. The van der Waals surface area contributed by atoms with Crippen molar-refractivity contribution >= 4 is 21.8 Å². The van der Waals surface area contributed by atoms with Crippen molar-refractivity contribution in [1.29, 1.82) is 0 Å². The smallest absolute Gasteiger partial charge is 0.194 e. The molecule has 1 aliphatic rings. The highest BCUT2D eigenvalue weighted by Gasteiger charge is 2.19. The first-order valence-electron chi connectivity index (χ1n) is 8.83. The SMILES string of the molecule is Cc1cn2cc(-c3cn4cc(C5CCNCC5)nc4s3)cc2c(C)n1. The molecule has 5 heterocycles. The van der Waals surface area contributed by atoms with Crippen LogP contribution in [0.3, 0.4) is 0 Å². The minimum atomic E-state index is 0.602. The van der Waals surface area contributed by atoms with Crippen LogP contribution in [0.4, 0.5) is 0 Å². The molecule has 0 saturated carbocycles. The van der Waals surface area contributed by atoms with Gasteiger partial charge in [-0.1, -0.05) is 11.3 Å². The second-order valence-corrected chi connectivity index (χ2v) is 7.97. The highest BCUT2D eigenvalue weighted by atomic mass is 32.1. The molecular formula is C19H21N5S. The van der Waals surface area contributed by atoms with Gasteiger partial charge in [-0.25, -0.2) is 4.98 Å². The molecule has 1 saturated heterocycles. The van der Waals surface area contributed by atoms with Crippen molar-refractivity contribution in [1.82, 2.24) is 24.1 Å². The summed E-state index contributed by atoms with van der Waals surface area (Å²) >= 11 is 1.76. The lowest BCUT2D eigenvalue weighted by Crippen LogP contribution is -2.26. The Balaban J connectivity index is 1.52. The van der Waals surface area contributed by atoms with Crippen molar-refractivity contribution in [3.05, 3.63) is 47.9 Å². The second kappa shape index (κ2) is 5.68. The van der Waals surface area contributed by atoms with E-state index >= 15 is 0 Å². The Hall–Kier alpha value is -2.18. The van der Waals surface area contributed by atoms with Gasteiger partial charge in [0, 0.05) is 36.3 Å². The van der Waals surface area contributed by atoms with Crippen LogP contribution in [0, 0.1) is 13.8 Å². The Morgan fingerprint density at radius 1 is 1.04 bits per heavy atom. The molecule has 0 bridgehead atoms. The average Bonchev–Trinajstić information content (AvgIpc) is 3.27. The first-order chi connectivity index (χ1) is 12.2. The van der Waals surface area contributed by atoms with Gasteiger partial charge in [-0.15, -0.1) is 0 Å². The molecule has 0 radical (unpaired) electrons. The summed E-state index contributed by atoms with van der Waals surface area (Å²) in [7, 11) is 0. The van der Waals surface area contributed by atoms with Crippen LogP contribution in [0.25, 0.3) is 20.9 Å². The number of hydrogen-bond donors (Lipinski definition) is 1. The van der Waals surface area contributed by atoms with Crippen LogP contribution in [-0.2, 0) is 0 Å². The van der Waals surface area contributed by atoms with E-state index in [-0.39, 0.29) is 0 Å². The number of nitrogens with one attached hydrogen (secondary N) is 1. The molecule has 0 unspecified atom stereocenters. The maximum atomic E-state index is 4.90. The quantitative estimate of drug-likeness (QED) is 0.598. The molecule has 1 N–H and O–H groups in total. The van der Waals surface area contributed by atoms with Crippen LogP contribution < -0.4 is 5.32 Å². The number of aromatic nitrogens is 4. The average molecular weight is 351 g/mol. The molecule has 25 heavy (non-hydrogen) atoms. The van der Waals surface area contributed by atoms with Crippen LogP contribution in [-0.4, -0.2) is 31.9 Å². The summed E-state index contributed by atoms with van der Waals surface area (Å²) in [5, 5.41) is 3.42. The van der Waals surface area contributed by atoms with E-state index in [2.05, 4.69) is 56.9 Å². The van der Waals surface area contributed by atoms with E-state index in [1.807, 2.05) is 6.92 Å². The minimum absolute atomic E-state index is 0.602. The molecule has 5 rings (SSSR count). The van der Waals surface area contributed by atoms with Crippen LogP contribution in [0.15, 0.2) is 30.9 Å². The van der Waals surface area contributed by atoms with E-state index < -0.39 is 0 Å². The fourth-order valence-electron chi connectivity index (χ4n) is 3.82. The molecule has 4 aromatic rings. The first-order valence-corrected chi connectivity index (χ1v) is 9.64. The largest absolute Gasteiger partial charge is 0.320 e. The fourth-order valence-corrected chi connectivity index (χ4v) is 4.78. The Bertz CT molecular complexity index is 1030. The Labute approximate surface area is 150 Å². The normalized spacial score (nSPS) is 16.2. The fraction of sp³-hybridized carbons (Fsp3) is 0.368. The van der Waals surface area contributed by atoms with Crippen molar-refractivity contribution in [3.63, 3.8) is 0 Å². The number of imidazole rings is 1. The van der Waals surface area contributed by atoms with Gasteiger partial charge in [0.1, 0.15) is 0 Å². The zero-order chi connectivity index (χ0) is 17.0. The maximum Gasteiger partial charge on any atom is 0.194 e. The van der Waals surface area contributed by atoms with Gasteiger partial charge in [-0.3, -0.25) is 9.38 Å². The van der Waals surface area contributed by atoms with Gasteiger partial charge in [-0.05, 0) is 45.8 Å². The summed E-state index contributed by atoms with van der Waals surface area (Å²) in [4.78, 5) is 11.8. The lowest BCUT2D eigenvalue weighted by Gasteiger charge is -2.20. The maximum absolute atomic E-state index is 4.90. The number of nitrogens with zero attached hydrogens (tertiary/aromatic N) is 4. The standard InChI is InChI=1S/C19H21N5S/c1-12-8-23-9-15(7-17(23)13(2)21-12)18-11-24-10-16(22-19(24)25-18)14-3-5-20-6-4-14/h7-11,14,20H,3-6H2,1-2H3. The van der Waals surface area contributed by atoms with E-state index in [9.17, 15) is 0 Å². The topological polar surface area (TPSA) is 46.6 Å². The van der Waals surface area contributed by atoms with Crippen LogP contribution in [0.2, 0.25) is 0 Å². The summed E-state index contributed by atoms with van der Waals surface area (Å²) < 4.78 is 4.37. The molecule has 6 heteroatoms. The van der Waals surface area contributed by atoms with Gasteiger partial charge >= 0.3 is 0 Å². The summed E-state index contributed by atoms with van der Waals surface area (Å²) in [6, 6.07) is 2.22. The van der Waals surface area contributed by atoms with Crippen molar-refractivity contribution < 1.29 is 0 Å². The number of thiazole rings is 1. The zero-order valence-electron chi connectivity index (χ0n) is 14.5. The molecular weight excluding hydrogens is 330 g/mol. The van der Waals surface area contributed by atoms with Gasteiger partial charge in [0.05, 0.1) is 27.5 Å². The lowest BCUT2D eigenvalue weighted by molar-refractivity contribution is 0.454. The number of hydrogen-bond acceptors (Lipinski definition) is 4. The zero-order valence-corrected chi connectivity index (χ0v) is 15.3. The highest BCUT2D eigenvalue weighted by Crippen LogP contribution is 2.33. The van der Waals surface area contributed by atoms with Gasteiger partial charge in [0.2, 0.25) is 0 Å². The third kappa shape index (κ3) is 2.56. The van der Waals surface area contributed by atoms with Crippen molar-refractivity contribution in [3.8, 4) is 10.4 Å². The molecule has 0 spiro atoms. The Morgan fingerprint density at radius 2 is 1.88 bits per heavy atom. The Morgan fingerprint density at radius 3 is 2.68 bits per heavy atom. The number of aryl methyl sites for hydroxylation is 2. The van der Waals surface area contributed by atoms with E-state index in [4.69, 9.17) is 4.98 Å². The summed E-state index contributed by atoms with van der Waals surface area (Å²) in [5.41, 5.74) is 5.76. The molecule has 128 valence electrons. The molecule has 5 nitrogen and oxygen atoms in total. The van der Waals surface area contributed by atoms with Crippen LogP contribution >= 0.6 is 11.3 Å². The van der Waals surface area contributed by atoms with Gasteiger partial charge < -0.3 is 9.72 Å². The van der Waals surface area contributed by atoms with Gasteiger partial charge in [0.25, 0.3) is 0 Å². The van der Waals surface area contributed by atoms with E-state index in [0.717, 1.165) is 29.4 Å². The summed E-state index contributed by atoms with van der Waals surface area (Å²) in [5.74, 6) is 0.602. The number of rotatable bonds is 2. The van der Waals surface area contributed by atoms with Crippen LogP contribution in [0.5, 0.6) is 0 Å². The summed E-state index contributed by atoms with van der Waals surface area (Å²) in [6.07, 6.45) is 11.1. The molecule has 1 aliphatic heterocycles. The molecule has 0 amide bonds. The van der Waals surface area contributed by atoms with Gasteiger partial charge in [0.15, 0.2) is 4.96 Å². The van der Waals surface area contributed by atoms with Gasteiger partial charge in [-0.2, -0.15) is 0 Å². The predicted molar refractivity (Wildman–Crippen MR) is 102 cm³/mol. The molecule has 4 aromatic heterocycles. The number of fused-ring (bicyclic) bond motifs is 2.